The van der Waals surface area contributed by atoms with E-state index >= 15 is 0 Å². The molecule has 1 heterocycles. The highest BCUT2D eigenvalue weighted by Gasteiger charge is 2.67. The lowest BCUT2D eigenvalue weighted by atomic mass is 9.54. The molecular weight excluding hydrogens is 516 g/mol. The summed E-state index contributed by atoms with van der Waals surface area (Å²) in [7, 11) is 7.02. The van der Waals surface area contributed by atoms with E-state index < -0.39 is 58.7 Å². The largest absolute Gasteiger partial charge is 0.507 e. The first-order valence-electron chi connectivity index (χ1n) is 14.0. The summed E-state index contributed by atoms with van der Waals surface area (Å²) in [4.78, 5) is 45.6. The number of nitrogens with zero attached hydrogens (tertiary/aromatic N) is 3. The Morgan fingerprint density at radius 2 is 1.77 bits per heavy atom. The molecule has 1 aliphatic heterocycles. The number of anilines is 1. The van der Waals surface area contributed by atoms with Crippen molar-refractivity contribution in [1.82, 2.24) is 9.80 Å². The van der Waals surface area contributed by atoms with E-state index in [0.29, 0.717) is 17.7 Å². The van der Waals surface area contributed by atoms with Gasteiger partial charge in [0.1, 0.15) is 17.4 Å². The molecular formula is C29H40N4O7. The molecule has 11 heteroatoms. The third-order valence-electron chi connectivity index (χ3n) is 9.47. The van der Waals surface area contributed by atoms with Crippen molar-refractivity contribution in [3.63, 3.8) is 0 Å². The maximum Gasteiger partial charge on any atom is 0.230 e. The molecule has 3 unspecified atom stereocenters. The van der Waals surface area contributed by atoms with Gasteiger partial charge in [0.2, 0.25) is 11.7 Å². The van der Waals surface area contributed by atoms with Crippen molar-refractivity contribution in [3.8, 4) is 5.75 Å². The Morgan fingerprint density at radius 3 is 2.35 bits per heavy atom. The van der Waals surface area contributed by atoms with Crippen molar-refractivity contribution in [2.75, 3.05) is 46.2 Å². The summed E-state index contributed by atoms with van der Waals surface area (Å²) in [5, 5.41) is 45.9. The maximum atomic E-state index is 14.1. The molecule has 0 radical (unpaired) electrons. The molecule has 5 rings (SSSR count). The number of aliphatic hydroxyl groups is 3. The highest BCUT2D eigenvalue weighted by atomic mass is 16.3. The Hall–Kier alpha value is -2.99. The lowest BCUT2D eigenvalue weighted by Crippen LogP contribution is -2.73. The number of Topliss-reactive ketones (excluding diaryl/α,β-unsaturated/α-hetero) is 2. The van der Waals surface area contributed by atoms with Crippen LogP contribution in [0.5, 0.6) is 5.75 Å². The van der Waals surface area contributed by atoms with Crippen LogP contribution in [0.15, 0.2) is 11.6 Å². The van der Waals surface area contributed by atoms with Crippen molar-refractivity contribution >= 4 is 28.9 Å². The SMILES string of the molecule is CN(C)c1cc(CN2CCCCC2)c(O)c2c1C[C@H]1C[C@H]3C(N(C)C)C(O)C(C(N)=O)C(=O)[C@@]3(O)C(=O)C1=C2O. The minimum absolute atomic E-state index is 0.0986. The van der Waals surface area contributed by atoms with Gasteiger partial charge in [-0.15, -0.1) is 0 Å². The van der Waals surface area contributed by atoms with Crippen molar-refractivity contribution in [2.45, 2.75) is 56.4 Å². The fraction of sp³-hybridized carbons (Fsp3) is 0.621. The highest BCUT2D eigenvalue weighted by molar-refractivity contribution is 6.25. The number of carbonyl (C=O) groups is 3. The summed E-state index contributed by atoms with van der Waals surface area (Å²) in [6.45, 7) is 2.28. The number of rotatable bonds is 5. The predicted molar refractivity (Wildman–Crippen MR) is 148 cm³/mol. The van der Waals surface area contributed by atoms with Crippen LogP contribution in [0.25, 0.3) is 5.76 Å². The van der Waals surface area contributed by atoms with Crippen LogP contribution in [0.1, 0.15) is 42.4 Å². The van der Waals surface area contributed by atoms with E-state index in [1.807, 2.05) is 25.1 Å². The second-order valence-electron chi connectivity index (χ2n) is 12.3. The molecule has 3 fully saturated rings. The van der Waals surface area contributed by atoms with E-state index in [9.17, 15) is 34.8 Å². The number of ketones is 2. The Morgan fingerprint density at radius 1 is 1.12 bits per heavy atom. The van der Waals surface area contributed by atoms with Crippen LogP contribution in [-0.4, -0.2) is 107 Å². The number of phenols is 1. The minimum Gasteiger partial charge on any atom is -0.507 e. The molecule has 1 saturated heterocycles. The van der Waals surface area contributed by atoms with Gasteiger partial charge in [0.25, 0.3) is 0 Å². The summed E-state index contributed by atoms with van der Waals surface area (Å²) >= 11 is 0. The molecule has 2 saturated carbocycles. The Bertz CT molecular complexity index is 1290. The van der Waals surface area contributed by atoms with Gasteiger partial charge in [0.05, 0.1) is 11.7 Å². The van der Waals surface area contributed by atoms with E-state index in [0.717, 1.165) is 38.0 Å². The van der Waals surface area contributed by atoms with E-state index in [1.165, 1.54) is 0 Å². The van der Waals surface area contributed by atoms with E-state index in [4.69, 9.17) is 5.73 Å². The Kier molecular flexibility index (Phi) is 7.23. The van der Waals surface area contributed by atoms with Crippen LogP contribution >= 0.6 is 0 Å². The topological polar surface area (TPSA) is 168 Å². The van der Waals surface area contributed by atoms with Crippen LogP contribution in [0.2, 0.25) is 0 Å². The lowest BCUT2D eigenvalue weighted by molar-refractivity contribution is -0.184. The van der Waals surface area contributed by atoms with Crippen LogP contribution in [0.3, 0.4) is 0 Å². The third kappa shape index (κ3) is 4.13. The van der Waals surface area contributed by atoms with Gasteiger partial charge in [-0.3, -0.25) is 19.3 Å². The monoisotopic (exact) mass is 556 g/mol. The number of carbonyl (C=O) groups excluding carboxylic acids is 3. The molecule has 11 nitrogen and oxygen atoms in total. The number of piperidine rings is 1. The summed E-state index contributed by atoms with van der Waals surface area (Å²) in [6, 6.07) is 1.01. The quantitative estimate of drug-likeness (QED) is 0.316. The molecule has 0 bridgehead atoms. The lowest BCUT2D eigenvalue weighted by Gasteiger charge is -2.53. The second kappa shape index (κ2) is 10.1. The summed E-state index contributed by atoms with van der Waals surface area (Å²) in [6.07, 6.45) is 2.17. The summed E-state index contributed by atoms with van der Waals surface area (Å²) in [5.41, 5.74) is 4.90. The van der Waals surface area contributed by atoms with Gasteiger partial charge in [0.15, 0.2) is 11.4 Å². The molecule has 1 aromatic rings. The number of nitrogens with two attached hydrogens (primary N) is 1. The van der Waals surface area contributed by atoms with Gasteiger partial charge in [-0.1, -0.05) is 6.42 Å². The van der Waals surface area contributed by atoms with Crippen LogP contribution in [-0.2, 0) is 27.3 Å². The number of hydrogen-bond donors (Lipinski definition) is 5. The van der Waals surface area contributed by atoms with Crippen molar-refractivity contribution in [1.29, 1.82) is 0 Å². The zero-order valence-corrected chi connectivity index (χ0v) is 23.6. The van der Waals surface area contributed by atoms with Crippen molar-refractivity contribution in [2.24, 2.45) is 23.5 Å². The molecule has 1 aromatic carbocycles. The molecule has 0 aromatic heterocycles. The van der Waals surface area contributed by atoms with Gasteiger partial charge in [-0.25, -0.2) is 0 Å². The Balaban J connectivity index is 1.66. The molecule has 1 amide bonds. The number of fused-ring (bicyclic) bond motifs is 3. The normalized spacial score (nSPS) is 32.5. The number of primary amides is 1. The molecule has 218 valence electrons. The first-order chi connectivity index (χ1) is 18.8. The number of phenolic OH excluding ortho intramolecular Hbond substituents is 1. The number of aromatic hydroxyl groups is 1. The first-order valence-corrected chi connectivity index (χ1v) is 14.0. The van der Waals surface area contributed by atoms with Gasteiger partial charge in [-0.2, -0.15) is 0 Å². The number of hydrogen-bond acceptors (Lipinski definition) is 10. The van der Waals surface area contributed by atoms with Crippen LogP contribution in [0.4, 0.5) is 5.69 Å². The average molecular weight is 557 g/mol. The molecule has 6 N–H and O–H groups in total. The zero-order valence-electron chi connectivity index (χ0n) is 23.6. The molecule has 0 spiro atoms. The van der Waals surface area contributed by atoms with E-state index in [-0.39, 0.29) is 29.7 Å². The van der Waals surface area contributed by atoms with E-state index in [2.05, 4.69) is 4.90 Å². The van der Waals surface area contributed by atoms with Crippen molar-refractivity contribution < 1.29 is 34.8 Å². The standard InChI is InChI=1S/C29H40N4O7/c1-31(2)18-12-15(13-33-8-6-5-7-9-33)23(34)20-16(18)10-14-11-17-22(32(3)4)25(36)21(28(30)39)27(38)29(17,40)26(37)19(14)24(20)35/h12,14,17,21-22,25,34-36,40H,5-11,13H2,1-4H3,(H2,30,39)/t14-,17-,21?,22?,25?,29-/m0/s1. The predicted octanol–water partition coefficient (Wildman–Crippen LogP) is 0.181. The summed E-state index contributed by atoms with van der Waals surface area (Å²) in [5.74, 6) is -7.26. The Labute approximate surface area is 233 Å². The number of likely N-dealkylation sites (tertiary alicyclic amines) is 1. The number of benzene rings is 1. The van der Waals surface area contributed by atoms with Crippen LogP contribution < -0.4 is 10.6 Å². The van der Waals surface area contributed by atoms with Crippen LogP contribution in [0, 0.1) is 17.8 Å². The molecule has 4 aliphatic rings. The fourth-order valence-corrected chi connectivity index (χ4v) is 7.58. The second-order valence-corrected chi connectivity index (χ2v) is 12.3. The highest BCUT2D eigenvalue weighted by Crippen LogP contribution is 2.53. The van der Waals surface area contributed by atoms with Crippen molar-refractivity contribution in [3.05, 3.63) is 28.3 Å². The first kappa shape index (κ1) is 28.5. The van der Waals surface area contributed by atoms with Gasteiger partial charge < -0.3 is 36.0 Å². The molecule has 6 atom stereocenters. The minimum atomic E-state index is -2.66. The maximum absolute atomic E-state index is 14.1. The van der Waals surface area contributed by atoms with E-state index in [1.54, 1.807) is 19.0 Å². The van der Waals surface area contributed by atoms with Gasteiger partial charge in [0, 0.05) is 49.4 Å². The number of amides is 1. The smallest absolute Gasteiger partial charge is 0.230 e. The number of likely N-dealkylation sites (N-methyl/N-ethyl adjacent to an activating group) is 1. The van der Waals surface area contributed by atoms with Gasteiger partial charge >= 0.3 is 0 Å². The third-order valence-corrected chi connectivity index (χ3v) is 9.47. The zero-order chi connectivity index (χ0) is 29.3. The van der Waals surface area contributed by atoms with Gasteiger partial charge in [-0.05, 0) is 70.4 Å². The summed E-state index contributed by atoms with van der Waals surface area (Å²) < 4.78 is 0. The fourth-order valence-electron chi connectivity index (χ4n) is 7.58. The molecule has 40 heavy (non-hydrogen) atoms. The number of aliphatic hydroxyl groups excluding tert-OH is 2. The average Bonchev–Trinajstić information content (AvgIpc) is 2.87. The molecule has 3 aliphatic carbocycles.